The van der Waals surface area contributed by atoms with Gasteiger partial charge in [-0.15, -0.1) is 0 Å². The first kappa shape index (κ1) is 20.8. The Morgan fingerprint density at radius 2 is 2.17 bits per heavy atom. The van der Waals surface area contributed by atoms with Crippen molar-refractivity contribution in [3.05, 3.63) is 61.6 Å². The van der Waals surface area contributed by atoms with Crippen LogP contribution in [0.5, 0.6) is 11.5 Å². The lowest BCUT2D eigenvalue weighted by atomic mass is 10.2. The summed E-state index contributed by atoms with van der Waals surface area (Å²) in [4.78, 5) is 17.5. The molecule has 0 N–H and O–H groups in total. The Morgan fingerprint density at radius 1 is 1.38 bits per heavy atom. The number of fused-ring (bicyclic) bond motifs is 1. The molecule has 0 aliphatic heterocycles. The number of aromatic nitrogens is 2. The van der Waals surface area contributed by atoms with Crippen LogP contribution in [0, 0.1) is 11.3 Å². The average Bonchev–Trinajstić information content (AvgIpc) is 2.72. The Morgan fingerprint density at radius 3 is 2.86 bits per heavy atom. The Balaban J connectivity index is 2.07. The van der Waals surface area contributed by atoms with E-state index in [2.05, 4.69) is 26.0 Å². The summed E-state index contributed by atoms with van der Waals surface area (Å²) in [5.74, 6) is 1.17. The maximum atomic E-state index is 12.9. The summed E-state index contributed by atoms with van der Waals surface area (Å²) in [5, 5.41) is 13.8. The van der Waals surface area contributed by atoms with E-state index in [-0.39, 0.29) is 22.9 Å². The molecule has 0 fully saturated rings. The minimum absolute atomic E-state index is 0.156. The molecular formula is C20H16BrClN4O3. The molecule has 0 unspecified atom stereocenters. The number of halogens is 2. The normalized spacial score (nSPS) is 11.0. The van der Waals surface area contributed by atoms with Crippen molar-refractivity contribution in [3.63, 3.8) is 0 Å². The van der Waals surface area contributed by atoms with Gasteiger partial charge in [0.05, 0.1) is 29.2 Å². The zero-order chi connectivity index (χ0) is 21.0. The largest absolute Gasteiger partial charge is 0.493 e. The first-order chi connectivity index (χ1) is 14.0. The van der Waals surface area contributed by atoms with Gasteiger partial charge < -0.3 is 9.47 Å². The third kappa shape index (κ3) is 4.42. The summed E-state index contributed by atoms with van der Waals surface area (Å²) in [6.45, 7) is 1.75. The molecule has 0 bridgehead atoms. The van der Waals surface area contributed by atoms with Crippen LogP contribution in [0.3, 0.4) is 0 Å². The molecule has 1 heterocycles. The fourth-order valence-electron chi connectivity index (χ4n) is 2.73. The Labute approximate surface area is 180 Å². The molecule has 7 nitrogen and oxygen atoms in total. The van der Waals surface area contributed by atoms with Gasteiger partial charge in [-0.3, -0.25) is 4.79 Å². The van der Waals surface area contributed by atoms with Crippen molar-refractivity contribution in [2.45, 2.75) is 13.3 Å². The van der Waals surface area contributed by atoms with Gasteiger partial charge in [0.1, 0.15) is 11.9 Å². The number of methoxy groups -OCH3 is 1. The predicted molar refractivity (Wildman–Crippen MR) is 115 cm³/mol. The van der Waals surface area contributed by atoms with E-state index in [4.69, 9.17) is 26.3 Å². The number of nitriles is 1. The number of nitrogens with zero attached hydrogens (tertiary/aromatic N) is 4. The SMILES string of the molecule is CCc1nc2ccc(Br)cc2c(=O)n1N=Cc1cc(Cl)c(OCC#N)c(OC)c1. The van der Waals surface area contributed by atoms with Crippen LogP contribution < -0.4 is 15.0 Å². The molecule has 2 aromatic carbocycles. The molecule has 9 heteroatoms. The molecule has 0 atom stereocenters. The van der Waals surface area contributed by atoms with Crippen LogP contribution in [0.4, 0.5) is 0 Å². The number of hydrogen-bond donors (Lipinski definition) is 0. The summed E-state index contributed by atoms with van der Waals surface area (Å²) in [7, 11) is 1.47. The van der Waals surface area contributed by atoms with Gasteiger partial charge in [-0.1, -0.05) is 34.5 Å². The molecule has 0 aliphatic carbocycles. The van der Waals surface area contributed by atoms with E-state index in [0.717, 1.165) is 4.47 Å². The first-order valence-corrected chi connectivity index (χ1v) is 9.78. The van der Waals surface area contributed by atoms with Gasteiger partial charge in [0.15, 0.2) is 18.1 Å². The average molecular weight is 476 g/mol. The van der Waals surface area contributed by atoms with Gasteiger partial charge in [0, 0.05) is 10.9 Å². The summed E-state index contributed by atoms with van der Waals surface area (Å²) in [6.07, 6.45) is 2.03. The van der Waals surface area contributed by atoms with E-state index in [9.17, 15) is 4.79 Å². The summed E-state index contributed by atoms with van der Waals surface area (Å²) in [6, 6.07) is 10.5. The highest BCUT2D eigenvalue weighted by Crippen LogP contribution is 2.36. The molecule has 29 heavy (non-hydrogen) atoms. The molecule has 0 saturated heterocycles. The van der Waals surface area contributed by atoms with Gasteiger partial charge >= 0.3 is 0 Å². The fourth-order valence-corrected chi connectivity index (χ4v) is 3.36. The second-order valence-corrected chi connectivity index (χ2v) is 7.21. The molecule has 0 spiro atoms. The van der Waals surface area contributed by atoms with E-state index in [0.29, 0.717) is 34.5 Å². The minimum atomic E-state index is -0.267. The van der Waals surface area contributed by atoms with Crippen molar-refractivity contribution in [2.24, 2.45) is 5.10 Å². The van der Waals surface area contributed by atoms with E-state index >= 15 is 0 Å². The number of rotatable bonds is 6. The van der Waals surface area contributed by atoms with E-state index in [1.54, 1.807) is 24.3 Å². The second-order valence-electron chi connectivity index (χ2n) is 5.89. The Hall–Kier alpha value is -2.89. The van der Waals surface area contributed by atoms with Crippen molar-refractivity contribution >= 4 is 44.6 Å². The molecule has 0 aliphatic rings. The number of benzene rings is 2. The highest BCUT2D eigenvalue weighted by molar-refractivity contribution is 9.10. The Bertz CT molecular complexity index is 1200. The van der Waals surface area contributed by atoms with Gasteiger partial charge in [-0.05, 0) is 35.9 Å². The van der Waals surface area contributed by atoms with Gasteiger partial charge in [0.25, 0.3) is 5.56 Å². The lowest BCUT2D eigenvalue weighted by Gasteiger charge is -2.11. The van der Waals surface area contributed by atoms with E-state index in [1.807, 2.05) is 19.1 Å². The molecule has 0 radical (unpaired) electrons. The molecule has 3 aromatic rings. The number of hydrogen-bond acceptors (Lipinski definition) is 6. The van der Waals surface area contributed by atoms with Crippen LogP contribution >= 0.6 is 27.5 Å². The van der Waals surface area contributed by atoms with Crippen molar-refractivity contribution in [3.8, 4) is 17.6 Å². The quantitative estimate of drug-likeness (QED) is 0.499. The van der Waals surface area contributed by atoms with Crippen LogP contribution in [0.2, 0.25) is 5.02 Å². The van der Waals surface area contributed by atoms with Crippen LogP contribution in [-0.4, -0.2) is 29.6 Å². The third-order valence-corrected chi connectivity index (χ3v) is 4.82. The lowest BCUT2D eigenvalue weighted by Crippen LogP contribution is -2.22. The maximum absolute atomic E-state index is 12.9. The summed E-state index contributed by atoms with van der Waals surface area (Å²) < 4.78 is 12.7. The zero-order valence-corrected chi connectivity index (χ0v) is 18.0. The smallest absolute Gasteiger partial charge is 0.282 e. The van der Waals surface area contributed by atoms with Gasteiger partial charge in [-0.25, -0.2) is 4.98 Å². The topological polar surface area (TPSA) is 89.5 Å². The third-order valence-electron chi connectivity index (χ3n) is 4.05. The molecule has 0 saturated carbocycles. The molecule has 0 amide bonds. The Kier molecular flexibility index (Phi) is 6.52. The molecule has 3 rings (SSSR count). The lowest BCUT2D eigenvalue weighted by molar-refractivity contribution is 0.330. The molecule has 1 aromatic heterocycles. The van der Waals surface area contributed by atoms with Crippen LogP contribution in [0.1, 0.15) is 18.3 Å². The maximum Gasteiger partial charge on any atom is 0.282 e. The van der Waals surface area contributed by atoms with Crippen molar-refractivity contribution < 1.29 is 9.47 Å². The fraction of sp³-hybridized carbons (Fsp3) is 0.200. The number of ether oxygens (including phenoxy) is 2. The van der Waals surface area contributed by atoms with Crippen LogP contribution in [-0.2, 0) is 6.42 Å². The predicted octanol–water partition coefficient (Wildman–Crippen LogP) is 4.17. The zero-order valence-electron chi connectivity index (χ0n) is 15.6. The molecule has 148 valence electrons. The number of aryl methyl sites for hydroxylation is 1. The van der Waals surface area contributed by atoms with Crippen molar-refractivity contribution in [1.82, 2.24) is 9.66 Å². The van der Waals surface area contributed by atoms with E-state index in [1.165, 1.54) is 18.0 Å². The highest BCUT2D eigenvalue weighted by atomic mass is 79.9. The standard InChI is InChI=1S/C20H16BrClN4O3/c1-3-18-25-16-5-4-13(21)10-14(16)20(27)26(18)24-11-12-8-15(22)19(29-7-6-23)17(9-12)28-2/h4-5,8-11H,3,7H2,1-2H3. The van der Waals surface area contributed by atoms with Crippen LogP contribution in [0.15, 0.2) is 44.7 Å². The second kappa shape index (κ2) is 9.07. The van der Waals surface area contributed by atoms with Gasteiger partial charge in [0.2, 0.25) is 0 Å². The summed E-state index contributed by atoms with van der Waals surface area (Å²) >= 11 is 9.63. The monoisotopic (exact) mass is 474 g/mol. The first-order valence-electron chi connectivity index (χ1n) is 8.61. The van der Waals surface area contributed by atoms with E-state index < -0.39 is 0 Å². The van der Waals surface area contributed by atoms with Gasteiger partial charge in [-0.2, -0.15) is 15.0 Å². The minimum Gasteiger partial charge on any atom is -0.493 e. The van der Waals surface area contributed by atoms with Crippen LogP contribution in [0.25, 0.3) is 10.9 Å². The van der Waals surface area contributed by atoms with Crippen molar-refractivity contribution in [1.29, 1.82) is 5.26 Å². The summed E-state index contributed by atoms with van der Waals surface area (Å²) in [5.41, 5.74) is 0.945. The molecular weight excluding hydrogens is 460 g/mol. The van der Waals surface area contributed by atoms with Crippen molar-refractivity contribution in [2.75, 3.05) is 13.7 Å². The highest BCUT2D eigenvalue weighted by Gasteiger charge is 2.13.